The van der Waals surface area contributed by atoms with Gasteiger partial charge in [-0.05, 0) is 55.8 Å². The van der Waals surface area contributed by atoms with Crippen molar-refractivity contribution in [3.05, 3.63) is 95.6 Å². The third-order valence-corrected chi connectivity index (χ3v) is 4.45. The number of aryl methyl sites for hydroxylation is 2. The van der Waals surface area contributed by atoms with Crippen molar-refractivity contribution in [2.24, 2.45) is 0 Å². The molecule has 0 spiro atoms. The van der Waals surface area contributed by atoms with Crippen molar-refractivity contribution in [1.29, 1.82) is 0 Å². The van der Waals surface area contributed by atoms with Crippen LogP contribution in [0.1, 0.15) is 16.7 Å². The van der Waals surface area contributed by atoms with Crippen LogP contribution < -0.4 is 9.88 Å². The normalized spacial score (nSPS) is 11.7. The summed E-state index contributed by atoms with van der Waals surface area (Å²) in [5.74, 6) is -0.395. The lowest BCUT2D eigenvalue weighted by Crippen LogP contribution is -2.38. The Balaban J connectivity index is 2.10. The van der Waals surface area contributed by atoms with Gasteiger partial charge in [0, 0.05) is 22.9 Å². The van der Waals surface area contributed by atoms with E-state index in [2.05, 4.69) is 5.32 Å². The third kappa shape index (κ3) is 4.38. The summed E-state index contributed by atoms with van der Waals surface area (Å²) in [5.41, 5.74) is 3.81. The molecule has 1 aromatic heterocycles. The molecule has 1 heterocycles. The van der Waals surface area contributed by atoms with Gasteiger partial charge in [0.05, 0.1) is 0 Å². The van der Waals surface area contributed by atoms with Crippen LogP contribution in [0.15, 0.2) is 73.1 Å². The molecule has 3 nitrogen and oxygen atoms in total. The molecule has 0 aliphatic heterocycles. The molecular weight excluding hydrogens is 359 g/mol. The predicted octanol–water partition coefficient (Wildman–Crippen LogP) is 5.05. The van der Waals surface area contributed by atoms with Crippen LogP contribution in [0, 0.1) is 19.7 Å². The third-order valence-electron chi connectivity index (χ3n) is 4.16. The fraction of sp³-hybridized carbons (Fsp3) is 0.0909. The van der Waals surface area contributed by atoms with E-state index >= 15 is 0 Å². The molecule has 0 bridgehead atoms. The quantitative estimate of drug-likeness (QED) is 0.288. The van der Waals surface area contributed by atoms with Crippen molar-refractivity contribution in [2.75, 3.05) is 5.32 Å². The zero-order valence-electron chi connectivity index (χ0n) is 15.1. The topological polar surface area (TPSA) is 36.1 Å². The van der Waals surface area contributed by atoms with Gasteiger partial charge in [-0.15, -0.1) is 0 Å². The Bertz CT molecular complexity index is 1010. The first-order valence-corrected chi connectivity index (χ1v) is 8.91. The van der Waals surface area contributed by atoms with Crippen molar-refractivity contribution < 1.29 is 14.1 Å². The van der Waals surface area contributed by atoms with Crippen molar-refractivity contribution in [1.82, 2.24) is 0 Å². The van der Waals surface area contributed by atoms with Gasteiger partial charge in [-0.2, -0.15) is 4.57 Å². The van der Waals surface area contributed by atoms with Gasteiger partial charge in [-0.25, -0.2) is 4.39 Å². The zero-order valence-corrected chi connectivity index (χ0v) is 15.9. The van der Waals surface area contributed by atoms with E-state index in [1.54, 1.807) is 4.57 Å². The molecule has 2 N–H and O–H groups in total. The van der Waals surface area contributed by atoms with Gasteiger partial charge in [-0.1, -0.05) is 30.4 Å². The monoisotopic (exact) mass is 379 g/mol. The van der Waals surface area contributed by atoms with Crippen LogP contribution in [0.4, 0.5) is 10.1 Å². The number of halogens is 1. The number of hydrogen-bond donors (Lipinski definition) is 2. The van der Waals surface area contributed by atoms with Crippen molar-refractivity contribution in [3.63, 3.8) is 0 Å². The Morgan fingerprint density at radius 2 is 1.70 bits per heavy atom. The standard InChI is InChI=1S/C22H19FN2OS/c1-15-6-5-13-25(14-15)20(21(26)17-9-11-18(23)12-10-17)22(27)24-19-8-4-3-7-16(19)2/h3-14H,1-2H3,(H-,24,26,27)/p+1. The SMILES string of the molecule is Cc1ccc[n+](C(C(=S)Nc2ccccc2C)=C(O)c2ccc(F)cc2)c1. The molecule has 0 saturated heterocycles. The molecule has 2 aromatic carbocycles. The van der Waals surface area contributed by atoms with Gasteiger partial charge in [0.25, 0.3) is 5.70 Å². The molecule has 0 fully saturated rings. The van der Waals surface area contributed by atoms with Gasteiger partial charge >= 0.3 is 0 Å². The molecule has 0 unspecified atom stereocenters. The summed E-state index contributed by atoms with van der Waals surface area (Å²) in [5, 5.41) is 14.2. The van der Waals surface area contributed by atoms with Crippen LogP contribution in [0.3, 0.4) is 0 Å². The first kappa shape index (κ1) is 18.7. The number of anilines is 1. The van der Waals surface area contributed by atoms with E-state index < -0.39 is 0 Å². The summed E-state index contributed by atoms with van der Waals surface area (Å²) in [4.78, 5) is 0.363. The number of benzene rings is 2. The lowest BCUT2D eigenvalue weighted by Gasteiger charge is -2.12. The summed E-state index contributed by atoms with van der Waals surface area (Å²) >= 11 is 5.62. The zero-order chi connectivity index (χ0) is 19.4. The van der Waals surface area contributed by atoms with Gasteiger partial charge < -0.3 is 10.4 Å². The Hall–Kier alpha value is -3.05. The molecule has 27 heavy (non-hydrogen) atoms. The van der Waals surface area contributed by atoms with E-state index in [1.807, 2.05) is 62.6 Å². The number of aliphatic hydroxyl groups is 1. The largest absolute Gasteiger partial charge is 0.502 e. The molecule has 0 saturated carbocycles. The Morgan fingerprint density at radius 1 is 1.00 bits per heavy atom. The molecule has 0 amide bonds. The van der Waals surface area contributed by atoms with E-state index in [0.29, 0.717) is 16.2 Å². The minimum atomic E-state index is -0.364. The first-order chi connectivity index (χ1) is 13.0. The van der Waals surface area contributed by atoms with E-state index in [-0.39, 0.29) is 11.6 Å². The second-order valence-electron chi connectivity index (χ2n) is 6.26. The highest BCUT2D eigenvalue weighted by Gasteiger charge is 2.24. The van der Waals surface area contributed by atoms with Crippen LogP contribution in [-0.2, 0) is 0 Å². The molecule has 0 aliphatic carbocycles. The predicted molar refractivity (Wildman–Crippen MR) is 111 cm³/mol. The molecule has 0 radical (unpaired) electrons. The highest BCUT2D eigenvalue weighted by molar-refractivity contribution is 7.81. The minimum Gasteiger partial charge on any atom is -0.502 e. The Labute approximate surface area is 163 Å². The first-order valence-electron chi connectivity index (χ1n) is 8.50. The van der Waals surface area contributed by atoms with E-state index in [4.69, 9.17) is 12.2 Å². The van der Waals surface area contributed by atoms with Gasteiger partial charge in [0.1, 0.15) is 5.82 Å². The number of nitrogens with one attached hydrogen (secondary N) is 1. The van der Waals surface area contributed by atoms with Crippen LogP contribution in [-0.4, -0.2) is 10.1 Å². The van der Waals surface area contributed by atoms with Crippen LogP contribution in [0.25, 0.3) is 11.5 Å². The number of rotatable bonds is 4. The number of hydrogen-bond acceptors (Lipinski definition) is 2. The number of para-hydroxylation sites is 1. The maximum atomic E-state index is 13.3. The van der Waals surface area contributed by atoms with Gasteiger partial charge in [0.15, 0.2) is 23.1 Å². The maximum Gasteiger partial charge on any atom is 0.288 e. The maximum absolute atomic E-state index is 13.3. The summed E-state index contributed by atoms with van der Waals surface area (Å²) in [7, 11) is 0. The lowest BCUT2D eigenvalue weighted by molar-refractivity contribution is -0.576. The fourth-order valence-electron chi connectivity index (χ4n) is 2.72. The molecule has 136 valence electrons. The van der Waals surface area contributed by atoms with Gasteiger partial charge in [-0.3, -0.25) is 0 Å². The highest BCUT2D eigenvalue weighted by atomic mass is 32.1. The average Bonchev–Trinajstić information content (AvgIpc) is 2.64. The van der Waals surface area contributed by atoms with Gasteiger partial charge in [0.2, 0.25) is 0 Å². The number of aromatic nitrogens is 1. The van der Waals surface area contributed by atoms with Crippen LogP contribution >= 0.6 is 12.2 Å². The lowest BCUT2D eigenvalue weighted by atomic mass is 10.1. The van der Waals surface area contributed by atoms with Crippen molar-refractivity contribution in [2.45, 2.75) is 13.8 Å². The van der Waals surface area contributed by atoms with Crippen LogP contribution in [0.5, 0.6) is 0 Å². The Morgan fingerprint density at radius 3 is 2.37 bits per heavy atom. The second kappa shape index (κ2) is 8.10. The molecule has 0 aliphatic rings. The molecule has 3 rings (SSSR count). The Kier molecular flexibility index (Phi) is 5.62. The van der Waals surface area contributed by atoms with Crippen molar-refractivity contribution >= 4 is 34.3 Å². The molecular formula is C22H20FN2OS+. The molecule has 3 aromatic rings. The number of thiocarbonyl (C=S) groups is 1. The fourth-order valence-corrected chi connectivity index (χ4v) is 3.03. The van der Waals surface area contributed by atoms with E-state index in [0.717, 1.165) is 16.8 Å². The smallest absolute Gasteiger partial charge is 0.288 e. The van der Waals surface area contributed by atoms with E-state index in [1.165, 1.54) is 24.3 Å². The summed E-state index contributed by atoms with van der Waals surface area (Å²) in [6.45, 7) is 3.94. The molecule has 0 atom stereocenters. The highest BCUT2D eigenvalue weighted by Crippen LogP contribution is 2.21. The average molecular weight is 379 g/mol. The summed E-state index contributed by atoms with van der Waals surface area (Å²) in [6.07, 6.45) is 3.69. The minimum absolute atomic E-state index is 0.0308. The van der Waals surface area contributed by atoms with E-state index in [9.17, 15) is 9.50 Å². The van der Waals surface area contributed by atoms with Crippen molar-refractivity contribution in [3.8, 4) is 0 Å². The number of pyridine rings is 1. The van der Waals surface area contributed by atoms with Crippen LogP contribution in [0.2, 0.25) is 0 Å². The second-order valence-corrected chi connectivity index (χ2v) is 6.67. The number of aliphatic hydroxyl groups excluding tert-OH is 1. The summed E-state index contributed by atoms with van der Waals surface area (Å²) < 4.78 is 15.0. The number of nitrogens with zero attached hydrogens (tertiary/aromatic N) is 1. The molecule has 5 heteroatoms. The summed E-state index contributed by atoms with van der Waals surface area (Å²) in [6, 6.07) is 17.3.